The van der Waals surface area contributed by atoms with E-state index >= 15 is 0 Å². The number of piperidine rings is 1. The van der Waals surface area contributed by atoms with E-state index in [2.05, 4.69) is 32.5 Å². The molecule has 0 bridgehead atoms. The van der Waals surface area contributed by atoms with Gasteiger partial charge < -0.3 is 35.1 Å². The fourth-order valence-electron chi connectivity index (χ4n) is 4.23. The molecule has 4 rings (SSSR count). The largest absolute Gasteiger partial charge is 0.598 e. The molecule has 0 saturated carbocycles. The first-order chi connectivity index (χ1) is 16.4. The van der Waals surface area contributed by atoms with E-state index in [-0.39, 0.29) is 11.7 Å². The Kier molecular flexibility index (Phi) is 8.56. The molecule has 1 aromatic heterocycles. The number of aromatic nitrogens is 1. The van der Waals surface area contributed by atoms with Gasteiger partial charge in [-0.25, -0.2) is 0 Å². The number of benzene rings is 1. The van der Waals surface area contributed by atoms with Gasteiger partial charge in [-0.1, -0.05) is 11.6 Å². The lowest BCUT2D eigenvalue weighted by Crippen LogP contribution is -2.50. The van der Waals surface area contributed by atoms with Gasteiger partial charge in [0, 0.05) is 42.7 Å². The van der Waals surface area contributed by atoms with Gasteiger partial charge in [-0.15, -0.1) is 4.31 Å². The summed E-state index contributed by atoms with van der Waals surface area (Å²) in [5.74, 6) is 0.185. The molecule has 3 heterocycles. The van der Waals surface area contributed by atoms with Crippen molar-refractivity contribution in [2.45, 2.75) is 18.9 Å². The maximum Gasteiger partial charge on any atom is 0.292 e. The molecule has 4 N–H and O–H groups in total. The highest BCUT2D eigenvalue weighted by molar-refractivity contribution is 7.89. The summed E-state index contributed by atoms with van der Waals surface area (Å²) in [6.45, 7) is 5.92. The van der Waals surface area contributed by atoms with Crippen LogP contribution >= 0.6 is 11.6 Å². The highest BCUT2D eigenvalue weighted by Crippen LogP contribution is 2.29. The van der Waals surface area contributed by atoms with Crippen molar-refractivity contribution in [3.8, 4) is 0 Å². The van der Waals surface area contributed by atoms with Crippen LogP contribution in [-0.4, -0.2) is 89.3 Å². The lowest BCUT2D eigenvalue weighted by atomic mass is 10.1. The second-order valence-corrected chi connectivity index (χ2v) is 10.6. The Morgan fingerprint density at radius 2 is 2.00 bits per heavy atom. The Bertz CT molecular complexity index is 962. The second-order valence-electron chi connectivity index (χ2n) is 8.66. The molecular weight excluding hydrogens is 478 g/mol. The van der Waals surface area contributed by atoms with Crippen molar-refractivity contribution in [1.29, 1.82) is 0 Å². The summed E-state index contributed by atoms with van der Waals surface area (Å²) in [5, 5.41) is 6.74. The molecule has 1 unspecified atom stereocenters. The molecule has 34 heavy (non-hydrogen) atoms. The molecule has 2 saturated heterocycles. The van der Waals surface area contributed by atoms with Crippen LogP contribution in [-0.2, 0) is 11.4 Å². The molecule has 1 atom stereocenters. The fourth-order valence-corrected chi connectivity index (χ4v) is 5.51. The summed E-state index contributed by atoms with van der Waals surface area (Å²) in [6.07, 6.45) is 3.50. The summed E-state index contributed by atoms with van der Waals surface area (Å²) >= 11 is 5.30. The highest BCUT2D eigenvalue weighted by atomic mass is 35.5. The van der Waals surface area contributed by atoms with E-state index in [1.807, 2.05) is 16.4 Å². The van der Waals surface area contributed by atoms with Gasteiger partial charge in [-0.3, -0.25) is 4.79 Å². The lowest BCUT2D eigenvalue weighted by molar-refractivity contribution is 0.102. The van der Waals surface area contributed by atoms with Crippen LogP contribution in [0.25, 0.3) is 0 Å². The Morgan fingerprint density at radius 1 is 1.26 bits per heavy atom. The standard InChI is InChI=1S/C22H32ClN7O3S/c1-28-7-4-16(5-8-28)25-6-13-34(32)30-11-9-29(10-12-30)17-2-3-18(23)19(14-17)26-21(31)20-15-33-22(24)27-20/h2-3,14-16,25H,4-13H2,1H3,(H2,24,27)(H,26,31). The molecule has 186 valence electrons. The molecule has 12 heteroatoms. The van der Waals surface area contributed by atoms with Crippen molar-refractivity contribution in [3.05, 3.63) is 35.2 Å². The Balaban J connectivity index is 1.25. The third kappa shape index (κ3) is 6.55. The average molecular weight is 510 g/mol. The van der Waals surface area contributed by atoms with Gasteiger partial charge in [0.1, 0.15) is 12.0 Å². The fraction of sp³-hybridized carbons (Fsp3) is 0.545. The van der Waals surface area contributed by atoms with Crippen molar-refractivity contribution in [1.82, 2.24) is 19.5 Å². The molecular formula is C22H32ClN7O3S. The van der Waals surface area contributed by atoms with Gasteiger partial charge >= 0.3 is 0 Å². The molecule has 0 radical (unpaired) electrons. The molecule has 2 fully saturated rings. The summed E-state index contributed by atoms with van der Waals surface area (Å²) in [4.78, 5) is 20.8. The second kappa shape index (κ2) is 11.6. The quantitative estimate of drug-likeness (QED) is 0.455. The maximum absolute atomic E-state index is 12.8. The van der Waals surface area contributed by atoms with Gasteiger partial charge in [0.05, 0.1) is 23.8 Å². The molecule has 10 nitrogen and oxygen atoms in total. The van der Waals surface area contributed by atoms with E-state index in [1.165, 1.54) is 6.26 Å². The van der Waals surface area contributed by atoms with Gasteiger partial charge in [0.25, 0.3) is 11.9 Å². The van der Waals surface area contributed by atoms with Crippen LogP contribution in [0.1, 0.15) is 23.3 Å². The number of nitrogens with one attached hydrogen (secondary N) is 2. The SMILES string of the molecule is CN1CCC(NCC[S+]([O-])N2CCN(c3ccc(Cl)c(NC(=O)c4coc(N)n4)c3)CC2)CC1. The minimum atomic E-state index is -0.995. The molecule has 0 aliphatic carbocycles. The summed E-state index contributed by atoms with van der Waals surface area (Å²) < 4.78 is 19.7. The van der Waals surface area contributed by atoms with Crippen LogP contribution in [0.15, 0.2) is 28.9 Å². The summed E-state index contributed by atoms with van der Waals surface area (Å²) in [5.41, 5.74) is 6.94. The number of anilines is 3. The van der Waals surface area contributed by atoms with Crippen molar-refractivity contribution in [2.24, 2.45) is 0 Å². The number of rotatable bonds is 8. The summed E-state index contributed by atoms with van der Waals surface area (Å²) in [7, 11) is 2.15. The summed E-state index contributed by atoms with van der Waals surface area (Å²) in [6, 6.07) is 5.97. The number of amides is 1. The number of piperazine rings is 1. The first kappa shape index (κ1) is 25.1. The molecule has 0 spiro atoms. The zero-order chi connectivity index (χ0) is 24.1. The molecule has 2 aliphatic rings. The van der Waals surface area contributed by atoms with Crippen LogP contribution in [0.4, 0.5) is 17.4 Å². The van der Waals surface area contributed by atoms with E-state index < -0.39 is 17.3 Å². The van der Waals surface area contributed by atoms with Crippen LogP contribution in [0.5, 0.6) is 0 Å². The topological polar surface area (TPSA) is 126 Å². The number of nitrogens with two attached hydrogens (primary N) is 1. The zero-order valence-corrected chi connectivity index (χ0v) is 20.9. The number of nitrogen functional groups attached to an aromatic ring is 1. The van der Waals surface area contributed by atoms with Crippen LogP contribution < -0.4 is 21.3 Å². The number of hydrogen-bond donors (Lipinski definition) is 3. The van der Waals surface area contributed by atoms with Gasteiger partial charge in [-0.2, -0.15) is 4.98 Å². The van der Waals surface area contributed by atoms with Gasteiger partial charge in [0.2, 0.25) is 0 Å². The molecule has 2 aliphatic heterocycles. The first-order valence-electron chi connectivity index (χ1n) is 11.5. The Hall–Kier alpha value is -2.02. The van der Waals surface area contributed by atoms with E-state index in [1.54, 1.807) is 6.07 Å². The predicted octanol–water partition coefficient (Wildman–Crippen LogP) is 1.63. The first-order valence-corrected chi connectivity index (χ1v) is 13.2. The number of nitrogens with zero attached hydrogens (tertiary/aromatic N) is 4. The normalized spacial score (nSPS) is 19.3. The average Bonchev–Trinajstić information content (AvgIpc) is 3.28. The number of likely N-dealkylation sites (tertiary alicyclic amines) is 1. The number of carbonyl (C=O) groups is 1. The van der Waals surface area contributed by atoms with Crippen LogP contribution in [0.2, 0.25) is 5.02 Å². The van der Waals surface area contributed by atoms with Crippen molar-refractivity contribution in [2.75, 3.05) is 74.6 Å². The van der Waals surface area contributed by atoms with Crippen molar-refractivity contribution < 1.29 is 13.8 Å². The van der Waals surface area contributed by atoms with Crippen LogP contribution in [0.3, 0.4) is 0 Å². The Labute approximate surface area is 208 Å². The number of hydrogen-bond acceptors (Lipinski definition) is 9. The van der Waals surface area contributed by atoms with Crippen molar-refractivity contribution in [3.63, 3.8) is 0 Å². The monoisotopic (exact) mass is 509 g/mol. The smallest absolute Gasteiger partial charge is 0.292 e. The van der Waals surface area contributed by atoms with Gasteiger partial charge in [-0.05, 0) is 51.2 Å². The third-order valence-electron chi connectivity index (χ3n) is 6.27. The molecule has 1 amide bonds. The lowest BCUT2D eigenvalue weighted by Gasteiger charge is -2.36. The number of carbonyl (C=O) groups excluding carboxylic acids is 1. The minimum Gasteiger partial charge on any atom is -0.598 e. The molecule has 2 aromatic rings. The van der Waals surface area contributed by atoms with E-state index in [4.69, 9.17) is 21.8 Å². The van der Waals surface area contributed by atoms with E-state index in [0.717, 1.165) is 51.3 Å². The molecule has 1 aromatic carbocycles. The number of halogens is 1. The predicted molar refractivity (Wildman–Crippen MR) is 136 cm³/mol. The minimum absolute atomic E-state index is 0.0714. The van der Waals surface area contributed by atoms with Gasteiger partial charge in [0.15, 0.2) is 5.69 Å². The van der Waals surface area contributed by atoms with E-state index in [9.17, 15) is 9.35 Å². The highest BCUT2D eigenvalue weighted by Gasteiger charge is 2.26. The number of oxazole rings is 1. The van der Waals surface area contributed by atoms with Crippen LogP contribution in [0, 0.1) is 0 Å². The third-order valence-corrected chi connectivity index (χ3v) is 8.10. The van der Waals surface area contributed by atoms with Crippen molar-refractivity contribution >= 4 is 46.3 Å². The Morgan fingerprint density at radius 3 is 2.68 bits per heavy atom. The maximum atomic E-state index is 12.8. The van der Waals surface area contributed by atoms with E-state index in [0.29, 0.717) is 35.6 Å². The zero-order valence-electron chi connectivity index (χ0n) is 19.3.